The standard InChI is InChI=1S/C20H25ClN2O3/c21-17-7-3-5-15(13-17)20(26)16-6-4-11-23(14-16)19(25)9-12-22-10-2-1-8-18(22)24/h3,5,7,13,16H,1-2,4,6,8-12,14H2. The lowest BCUT2D eigenvalue weighted by Gasteiger charge is -2.33. The molecule has 6 heteroatoms. The molecule has 2 fully saturated rings. The van der Waals surface area contributed by atoms with Crippen molar-refractivity contribution in [2.24, 2.45) is 5.92 Å². The van der Waals surface area contributed by atoms with Gasteiger partial charge in [0, 0.05) is 55.5 Å². The number of Topliss-reactive ketones (excluding diaryl/α,β-unsaturated/α-hetero) is 1. The fourth-order valence-corrected chi connectivity index (χ4v) is 3.97. The van der Waals surface area contributed by atoms with E-state index in [9.17, 15) is 14.4 Å². The van der Waals surface area contributed by atoms with Crippen molar-refractivity contribution in [2.75, 3.05) is 26.2 Å². The van der Waals surface area contributed by atoms with Gasteiger partial charge in [0.25, 0.3) is 0 Å². The van der Waals surface area contributed by atoms with E-state index in [1.165, 1.54) is 0 Å². The zero-order valence-electron chi connectivity index (χ0n) is 15.0. The number of likely N-dealkylation sites (tertiary alicyclic amines) is 2. The molecule has 2 amide bonds. The second-order valence-corrected chi connectivity index (χ2v) is 7.58. The molecule has 2 heterocycles. The quantitative estimate of drug-likeness (QED) is 0.741. The summed E-state index contributed by atoms with van der Waals surface area (Å²) in [7, 11) is 0. The molecule has 0 N–H and O–H groups in total. The number of rotatable bonds is 5. The fraction of sp³-hybridized carbons (Fsp3) is 0.550. The molecule has 0 radical (unpaired) electrons. The Labute approximate surface area is 159 Å². The second kappa shape index (κ2) is 8.67. The first kappa shape index (κ1) is 18.9. The van der Waals surface area contributed by atoms with E-state index in [2.05, 4.69) is 0 Å². The second-order valence-electron chi connectivity index (χ2n) is 7.14. The van der Waals surface area contributed by atoms with Gasteiger partial charge in [0.1, 0.15) is 0 Å². The number of nitrogens with zero attached hydrogens (tertiary/aromatic N) is 2. The minimum absolute atomic E-state index is 0.0342. The third-order valence-corrected chi connectivity index (χ3v) is 5.51. The van der Waals surface area contributed by atoms with Crippen molar-refractivity contribution in [1.29, 1.82) is 0 Å². The van der Waals surface area contributed by atoms with E-state index in [0.29, 0.717) is 43.1 Å². The number of amides is 2. The zero-order chi connectivity index (χ0) is 18.5. The highest BCUT2D eigenvalue weighted by molar-refractivity contribution is 6.31. The number of hydrogen-bond donors (Lipinski definition) is 0. The molecule has 5 nitrogen and oxygen atoms in total. The van der Waals surface area contributed by atoms with Crippen LogP contribution in [0.1, 0.15) is 48.9 Å². The zero-order valence-corrected chi connectivity index (χ0v) is 15.7. The van der Waals surface area contributed by atoms with Crippen molar-refractivity contribution in [2.45, 2.75) is 38.5 Å². The number of piperidine rings is 2. The first-order chi connectivity index (χ1) is 12.5. The van der Waals surface area contributed by atoms with Crippen LogP contribution in [-0.2, 0) is 9.59 Å². The summed E-state index contributed by atoms with van der Waals surface area (Å²) in [5.74, 6) is 0.0580. The SMILES string of the molecule is O=C(c1cccc(Cl)c1)C1CCCN(C(=O)CCN2CCCCC2=O)C1. The summed E-state index contributed by atoms with van der Waals surface area (Å²) in [4.78, 5) is 40.7. The number of carbonyl (C=O) groups excluding carboxylic acids is 3. The molecule has 3 rings (SSSR count). The summed E-state index contributed by atoms with van der Waals surface area (Å²) in [5.41, 5.74) is 0.607. The van der Waals surface area contributed by atoms with Gasteiger partial charge in [-0.05, 0) is 37.8 Å². The van der Waals surface area contributed by atoms with Crippen molar-refractivity contribution < 1.29 is 14.4 Å². The molecule has 0 aliphatic carbocycles. The van der Waals surface area contributed by atoms with Gasteiger partial charge < -0.3 is 9.80 Å². The Bertz CT molecular complexity index is 691. The molecule has 1 unspecified atom stereocenters. The van der Waals surface area contributed by atoms with Crippen molar-refractivity contribution >= 4 is 29.2 Å². The predicted molar refractivity (Wildman–Crippen MR) is 100 cm³/mol. The average Bonchev–Trinajstić information content (AvgIpc) is 2.66. The minimum Gasteiger partial charge on any atom is -0.342 e. The van der Waals surface area contributed by atoms with Gasteiger partial charge in [-0.1, -0.05) is 23.7 Å². The molecular weight excluding hydrogens is 352 g/mol. The van der Waals surface area contributed by atoms with E-state index >= 15 is 0 Å². The first-order valence-electron chi connectivity index (χ1n) is 9.40. The number of ketones is 1. The largest absolute Gasteiger partial charge is 0.342 e. The molecule has 0 bridgehead atoms. The van der Waals surface area contributed by atoms with Crippen LogP contribution < -0.4 is 0 Å². The van der Waals surface area contributed by atoms with E-state index in [-0.39, 0.29) is 23.5 Å². The maximum Gasteiger partial charge on any atom is 0.224 e. The Morgan fingerprint density at radius 1 is 1.15 bits per heavy atom. The lowest BCUT2D eigenvalue weighted by atomic mass is 9.90. The third kappa shape index (κ3) is 4.64. The summed E-state index contributed by atoms with van der Waals surface area (Å²) in [5, 5.41) is 0.547. The summed E-state index contributed by atoms with van der Waals surface area (Å²) in [6.07, 6.45) is 4.51. The van der Waals surface area contributed by atoms with Crippen LogP contribution in [0.2, 0.25) is 5.02 Å². The van der Waals surface area contributed by atoms with Crippen molar-refractivity contribution in [3.05, 3.63) is 34.9 Å². The summed E-state index contributed by atoms with van der Waals surface area (Å²) < 4.78 is 0. The average molecular weight is 377 g/mol. The topological polar surface area (TPSA) is 57.7 Å². The first-order valence-corrected chi connectivity index (χ1v) is 9.78. The van der Waals surface area contributed by atoms with Crippen molar-refractivity contribution in [3.63, 3.8) is 0 Å². The maximum atomic E-state index is 12.7. The molecule has 2 aliphatic rings. The maximum absolute atomic E-state index is 12.7. The fourth-order valence-electron chi connectivity index (χ4n) is 3.78. The molecule has 2 aliphatic heterocycles. The van der Waals surface area contributed by atoms with E-state index in [1.54, 1.807) is 34.1 Å². The highest BCUT2D eigenvalue weighted by Crippen LogP contribution is 2.23. The van der Waals surface area contributed by atoms with Crippen LogP contribution in [0.4, 0.5) is 0 Å². The van der Waals surface area contributed by atoms with E-state index in [1.807, 2.05) is 0 Å². The molecule has 0 aromatic heterocycles. The van der Waals surface area contributed by atoms with Crippen LogP contribution in [0.3, 0.4) is 0 Å². The Hall–Kier alpha value is -1.88. The molecule has 1 atom stereocenters. The smallest absolute Gasteiger partial charge is 0.224 e. The van der Waals surface area contributed by atoms with Crippen LogP contribution in [0.5, 0.6) is 0 Å². The Morgan fingerprint density at radius 2 is 2.00 bits per heavy atom. The highest BCUT2D eigenvalue weighted by atomic mass is 35.5. The van der Waals surface area contributed by atoms with Crippen molar-refractivity contribution in [1.82, 2.24) is 9.80 Å². The highest BCUT2D eigenvalue weighted by Gasteiger charge is 2.29. The van der Waals surface area contributed by atoms with Gasteiger partial charge in [0.2, 0.25) is 11.8 Å². The predicted octanol–water partition coefficient (Wildman–Crippen LogP) is 3.16. The van der Waals surface area contributed by atoms with Crippen LogP contribution in [-0.4, -0.2) is 53.6 Å². The normalized spacial score (nSPS) is 21.0. The Kier molecular flexibility index (Phi) is 6.30. The van der Waals surface area contributed by atoms with E-state index < -0.39 is 0 Å². The van der Waals surface area contributed by atoms with E-state index in [4.69, 9.17) is 11.6 Å². The number of benzene rings is 1. The number of carbonyl (C=O) groups is 3. The van der Waals surface area contributed by atoms with Gasteiger partial charge in [0.05, 0.1) is 0 Å². The molecular formula is C20H25ClN2O3. The van der Waals surface area contributed by atoms with Gasteiger partial charge in [0.15, 0.2) is 5.78 Å². The number of halogens is 1. The van der Waals surface area contributed by atoms with Crippen LogP contribution in [0.25, 0.3) is 0 Å². The lowest BCUT2D eigenvalue weighted by molar-refractivity contribution is -0.136. The minimum atomic E-state index is -0.178. The van der Waals surface area contributed by atoms with Crippen LogP contribution in [0.15, 0.2) is 24.3 Å². The molecule has 0 saturated carbocycles. The molecule has 140 valence electrons. The summed E-state index contributed by atoms with van der Waals surface area (Å²) in [6, 6.07) is 6.98. The van der Waals surface area contributed by atoms with E-state index in [0.717, 1.165) is 32.2 Å². The van der Waals surface area contributed by atoms with Gasteiger partial charge in [-0.15, -0.1) is 0 Å². The van der Waals surface area contributed by atoms with Crippen LogP contribution in [0, 0.1) is 5.92 Å². The Balaban J connectivity index is 1.54. The molecule has 0 spiro atoms. The van der Waals surface area contributed by atoms with Gasteiger partial charge in [-0.2, -0.15) is 0 Å². The summed E-state index contributed by atoms with van der Waals surface area (Å²) >= 11 is 5.98. The Morgan fingerprint density at radius 3 is 2.77 bits per heavy atom. The molecule has 2 saturated heterocycles. The van der Waals surface area contributed by atoms with Gasteiger partial charge in [-0.25, -0.2) is 0 Å². The van der Waals surface area contributed by atoms with Crippen molar-refractivity contribution in [3.8, 4) is 0 Å². The molecule has 1 aromatic rings. The lowest BCUT2D eigenvalue weighted by Crippen LogP contribution is -2.44. The molecule has 1 aromatic carbocycles. The summed E-state index contributed by atoms with van der Waals surface area (Å²) in [6.45, 7) is 2.38. The monoisotopic (exact) mass is 376 g/mol. The van der Waals surface area contributed by atoms with Gasteiger partial charge >= 0.3 is 0 Å². The number of hydrogen-bond acceptors (Lipinski definition) is 3. The molecule has 26 heavy (non-hydrogen) atoms. The third-order valence-electron chi connectivity index (χ3n) is 5.27. The van der Waals surface area contributed by atoms with Crippen LogP contribution >= 0.6 is 11.6 Å². The van der Waals surface area contributed by atoms with Gasteiger partial charge in [-0.3, -0.25) is 14.4 Å².